The number of imidazole rings is 1. The minimum absolute atomic E-state index is 0.229. The normalized spacial score (nSPS) is 18.9. The number of halogens is 1. The number of fused-ring (bicyclic) bond motifs is 3. The van der Waals surface area contributed by atoms with Gasteiger partial charge in [-0.05, 0) is 54.3 Å². The molecule has 0 aliphatic carbocycles. The highest BCUT2D eigenvalue weighted by Crippen LogP contribution is 2.41. The van der Waals surface area contributed by atoms with Gasteiger partial charge in [-0.25, -0.2) is 4.98 Å². The summed E-state index contributed by atoms with van der Waals surface area (Å²) < 4.78 is 3.47. The summed E-state index contributed by atoms with van der Waals surface area (Å²) >= 11 is 3.54. The van der Waals surface area contributed by atoms with Gasteiger partial charge in [0.15, 0.2) is 0 Å². The first kappa shape index (κ1) is 16.6. The zero-order valence-corrected chi connectivity index (χ0v) is 16.6. The first-order chi connectivity index (χ1) is 13.2. The molecular formula is C23H20BrN3. The molecular weight excluding hydrogens is 398 g/mol. The fourth-order valence-electron chi connectivity index (χ4n) is 4.15. The van der Waals surface area contributed by atoms with Crippen molar-refractivity contribution in [2.45, 2.75) is 25.4 Å². The van der Waals surface area contributed by atoms with Gasteiger partial charge in [-0.3, -0.25) is 0 Å². The lowest BCUT2D eigenvalue weighted by atomic mass is 9.91. The van der Waals surface area contributed by atoms with Crippen molar-refractivity contribution in [1.82, 2.24) is 9.55 Å². The van der Waals surface area contributed by atoms with Crippen molar-refractivity contribution < 1.29 is 0 Å². The maximum absolute atomic E-state index is 4.89. The monoisotopic (exact) mass is 417 g/mol. The van der Waals surface area contributed by atoms with Gasteiger partial charge in [0.05, 0.1) is 23.1 Å². The number of hydrogen-bond donors (Lipinski definition) is 1. The molecule has 3 aromatic carbocycles. The molecule has 1 aliphatic heterocycles. The Balaban J connectivity index is 1.68. The second-order valence-electron chi connectivity index (χ2n) is 7.15. The maximum Gasteiger partial charge on any atom is 0.204 e. The SMILES string of the molecule is Cc1ccccc1[C@H]1C[C@H](c2ccc(Br)cc2)Nc2nc3ccccc3n21. The van der Waals surface area contributed by atoms with Crippen LogP contribution in [0.2, 0.25) is 0 Å². The molecule has 5 rings (SSSR count). The fraction of sp³-hybridized carbons (Fsp3) is 0.174. The van der Waals surface area contributed by atoms with Crippen LogP contribution in [0.1, 0.15) is 35.2 Å². The van der Waals surface area contributed by atoms with Crippen LogP contribution in [-0.4, -0.2) is 9.55 Å². The average molecular weight is 418 g/mol. The van der Waals surface area contributed by atoms with Crippen LogP contribution in [0.4, 0.5) is 5.95 Å². The molecule has 1 N–H and O–H groups in total. The van der Waals surface area contributed by atoms with E-state index in [1.807, 2.05) is 0 Å². The maximum atomic E-state index is 4.89. The standard InChI is InChI=1S/C23H20BrN3/c1-15-6-2-3-7-18(15)22-14-20(16-10-12-17(24)13-11-16)26-23-25-19-8-4-5-9-21(19)27(22)23/h2-13,20,22H,14H2,1H3,(H,25,26)/t20-,22-/m1/s1. The fourth-order valence-corrected chi connectivity index (χ4v) is 4.41. The molecule has 0 bridgehead atoms. The Morgan fingerprint density at radius 1 is 0.963 bits per heavy atom. The molecule has 4 heteroatoms. The van der Waals surface area contributed by atoms with Crippen LogP contribution in [0.3, 0.4) is 0 Å². The number of hydrogen-bond acceptors (Lipinski definition) is 2. The molecule has 4 aromatic rings. The van der Waals surface area contributed by atoms with E-state index in [-0.39, 0.29) is 12.1 Å². The lowest BCUT2D eigenvalue weighted by molar-refractivity contribution is 0.476. The number of para-hydroxylation sites is 2. The summed E-state index contributed by atoms with van der Waals surface area (Å²) in [7, 11) is 0. The van der Waals surface area contributed by atoms with Crippen LogP contribution >= 0.6 is 15.9 Å². The van der Waals surface area contributed by atoms with Crippen LogP contribution in [0.5, 0.6) is 0 Å². The van der Waals surface area contributed by atoms with Crippen LogP contribution in [-0.2, 0) is 0 Å². The van der Waals surface area contributed by atoms with E-state index in [2.05, 4.69) is 106 Å². The molecule has 3 nitrogen and oxygen atoms in total. The summed E-state index contributed by atoms with van der Waals surface area (Å²) in [5.74, 6) is 0.948. The summed E-state index contributed by atoms with van der Waals surface area (Å²) in [6, 6.07) is 26.2. The van der Waals surface area contributed by atoms with Gasteiger partial charge >= 0.3 is 0 Å². The lowest BCUT2D eigenvalue weighted by Crippen LogP contribution is -2.27. The van der Waals surface area contributed by atoms with Crippen LogP contribution in [0.25, 0.3) is 11.0 Å². The molecule has 0 saturated heterocycles. The molecule has 2 atom stereocenters. The number of aryl methyl sites for hydroxylation is 1. The topological polar surface area (TPSA) is 29.9 Å². The van der Waals surface area contributed by atoms with Gasteiger partial charge < -0.3 is 9.88 Å². The van der Waals surface area contributed by atoms with Gasteiger partial charge in [-0.1, -0.05) is 64.5 Å². The number of aromatic nitrogens is 2. The molecule has 0 spiro atoms. The summed E-state index contributed by atoms with van der Waals surface area (Å²) in [6.45, 7) is 2.20. The highest BCUT2D eigenvalue weighted by Gasteiger charge is 2.31. The van der Waals surface area contributed by atoms with Crippen molar-refractivity contribution in [1.29, 1.82) is 0 Å². The third-order valence-corrected chi connectivity index (χ3v) is 6.02. The van der Waals surface area contributed by atoms with Gasteiger partial charge in [0.2, 0.25) is 5.95 Å². The number of benzene rings is 3. The minimum atomic E-state index is 0.229. The average Bonchev–Trinajstić information content (AvgIpc) is 3.07. The number of anilines is 1. The summed E-state index contributed by atoms with van der Waals surface area (Å²) in [6.07, 6.45) is 0.986. The van der Waals surface area contributed by atoms with Crippen molar-refractivity contribution in [2.75, 3.05) is 5.32 Å². The van der Waals surface area contributed by atoms with Crippen molar-refractivity contribution in [3.05, 3.63) is 94.0 Å². The van der Waals surface area contributed by atoms with Crippen LogP contribution in [0.15, 0.2) is 77.3 Å². The van der Waals surface area contributed by atoms with E-state index in [4.69, 9.17) is 4.98 Å². The number of rotatable bonds is 2. The van der Waals surface area contributed by atoms with E-state index in [1.54, 1.807) is 0 Å². The summed E-state index contributed by atoms with van der Waals surface area (Å²) in [4.78, 5) is 4.89. The third-order valence-electron chi connectivity index (χ3n) is 5.49. The van der Waals surface area contributed by atoms with E-state index >= 15 is 0 Å². The van der Waals surface area contributed by atoms with Gasteiger partial charge in [-0.15, -0.1) is 0 Å². The molecule has 134 valence electrons. The Morgan fingerprint density at radius 3 is 2.52 bits per heavy atom. The van der Waals surface area contributed by atoms with Crippen molar-refractivity contribution in [3.8, 4) is 0 Å². The molecule has 0 saturated carbocycles. The van der Waals surface area contributed by atoms with E-state index in [0.717, 1.165) is 22.4 Å². The van der Waals surface area contributed by atoms with Crippen molar-refractivity contribution >= 4 is 32.9 Å². The smallest absolute Gasteiger partial charge is 0.204 e. The van der Waals surface area contributed by atoms with Gasteiger partial charge in [0.25, 0.3) is 0 Å². The quantitative estimate of drug-likeness (QED) is 0.417. The largest absolute Gasteiger partial charge is 0.349 e. The molecule has 0 radical (unpaired) electrons. The molecule has 0 fully saturated rings. The second-order valence-corrected chi connectivity index (χ2v) is 8.07. The summed E-state index contributed by atoms with van der Waals surface area (Å²) in [5.41, 5.74) is 6.20. The Hall–Kier alpha value is -2.59. The molecule has 27 heavy (non-hydrogen) atoms. The first-order valence-electron chi connectivity index (χ1n) is 9.25. The van der Waals surface area contributed by atoms with E-state index in [1.165, 1.54) is 22.2 Å². The van der Waals surface area contributed by atoms with Gasteiger partial charge in [0, 0.05) is 4.47 Å². The first-order valence-corrected chi connectivity index (χ1v) is 10.0. The Bertz CT molecular complexity index is 1110. The number of nitrogens with zero attached hydrogens (tertiary/aromatic N) is 2. The van der Waals surface area contributed by atoms with E-state index < -0.39 is 0 Å². The van der Waals surface area contributed by atoms with Crippen molar-refractivity contribution in [3.63, 3.8) is 0 Å². The predicted molar refractivity (Wildman–Crippen MR) is 114 cm³/mol. The second kappa shape index (κ2) is 6.54. The van der Waals surface area contributed by atoms with E-state index in [0.29, 0.717) is 0 Å². The Kier molecular flexibility index (Phi) is 4.01. The minimum Gasteiger partial charge on any atom is -0.349 e. The summed E-state index contributed by atoms with van der Waals surface area (Å²) in [5, 5.41) is 3.68. The Labute approximate surface area is 167 Å². The molecule has 0 amide bonds. The van der Waals surface area contributed by atoms with Crippen molar-refractivity contribution in [2.24, 2.45) is 0 Å². The molecule has 0 unspecified atom stereocenters. The van der Waals surface area contributed by atoms with Crippen LogP contribution in [0, 0.1) is 6.92 Å². The Morgan fingerprint density at radius 2 is 1.70 bits per heavy atom. The van der Waals surface area contributed by atoms with Gasteiger partial charge in [-0.2, -0.15) is 0 Å². The van der Waals surface area contributed by atoms with Crippen LogP contribution < -0.4 is 5.32 Å². The predicted octanol–water partition coefficient (Wildman–Crippen LogP) is 6.25. The molecule has 2 heterocycles. The molecule has 1 aromatic heterocycles. The molecule has 1 aliphatic rings. The zero-order chi connectivity index (χ0) is 18.4. The van der Waals surface area contributed by atoms with E-state index in [9.17, 15) is 0 Å². The zero-order valence-electron chi connectivity index (χ0n) is 15.1. The third kappa shape index (κ3) is 2.85. The van der Waals surface area contributed by atoms with Gasteiger partial charge in [0.1, 0.15) is 0 Å². The number of nitrogens with one attached hydrogen (secondary N) is 1. The lowest BCUT2D eigenvalue weighted by Gasteiger charge is -2.34. The highest BCUT2D eigenvalue weighted by atomic mass is 79.9. The highest BCUT2D eigenvalue weighted by molar-refractivity contribution is 9.10.